The van der Waals surface area contributed by atoms with Crippen molar-refractivity contribution in [1.29, 1.82) is 0 Å². The Morgan fingerprint density at radius 2 is 2.29 bits per heavy atom. The highest BCUT2D eigenvalue weighted by Crippen LogP contribution is 2.19. The van der Waals surface area contributed by atoms with Crippen molar-refractivity contribution in [3.05, 3.63) is 29.3 Å². The van der Waals surface area contributed by atoms with Gasteiger partial charge >= 0.3 is 0 Å². The smallest absolute Gasteiger partial charge is 0.120 e. The molecule has 1 aromatic rings. The Kier molecular flexibility index (Phi) is 3.27. The molecule has 1 fully saturated rings. The number of hydrogen-bond donors (Lipinski definition) is 1. The SMILES string of the molecule is Clc1cccc(OCCNC2CC2)c1. The van der Waals surface area contributed by atoms with Crippen LogP contribution in [0, 0.1) is 0 Å². The van der Waals surface area contributed by atoms with Gasteiger partial charge < -0.3 is 10.1 Å². The molecule has 0 atom stereocenters. The van der Waals surface area contributed by atoms with Crippen molar-refractivity contribution < 1.29 is 4.74 Å². The van der Waals surface area contributed by atoms with Gasteiger partial charge in [-0.15, -0.1) is 0 Å². The summed E-state index contributed by atoms with van der Waals surface area (Å²) in [6, 6.07) is 8.24. The van der Waals surface area contributed by atoms with E-state index in [1.54, 1.807) is 0 Å². The lowest BCUT2D eigenvalue weighted by Crippen LogP contribution is -2.22. The zero-order chi connectivity index (χ0) is 9.80. The van der Waals surface area contributed by atoms with E-state index < -0.39 is 0 Å². The minimum absolute atomic E-state index is 0.705. The Morgan fingerprint density at radius 1 is 1.43 bits per heavy atom. The van der Waals surface area contributed by atoms with Gasteiger partial charge in [0.05, 0.1) is 0 Å². The molecular weight excluding hydrogens is 198 g/mol. The maximum atomic E-state index is 5.82. The van der Waals surface area contributed by atoms with Crippen molar-refractivity contribution in [2.24, 2.45) is 0 Å². The molecule has 1 aliphatic rings. The topological polar surface area (TPSA) is 21.3 Å². The van der Waals surface area contributed by atoms with Gasteiger partial charge in [0.15, 0.2) is 0 Å². The maximum Gasteiger partial charge on any atom is 0.120 e. The van der Waals surface area contributed by atoms with E-state index in [0.29, 0.717) is 6.61 Å². The lowest BCUT2D eigenvalue weighted by atomic mass is 10.3. The van der Waals surface area contributed by atoms with Crippen LogP contribution in [0.3, 0.4) is 0 Å². The first-order valence-electron chi connectivity index (χ1n) is 4.96. The lowest BCUT2D eigenvalue weighted by molar-refractivity contribution is 0.313. The van der Waals surface area contributed by atoms with Gasteiger partial charge in [-0.3, -0.25) is 0 Å². The molecule has 3 heteroatoms. The van der Waals surface area contributed by atoms with E-state index in [4.69, 9.17) is 16.3 Å². The monoisotopic (exact) mass is 211 g/mol. The molecule has 0 saturated heterocycles. The number of hydrogen-bond acceptors (Lipinski definition) is 2. The van der Waals surface area contributed by atoms with Crippen molar-refractivity contribution in [2.45, 2.75) is 18.9 Å². The predicted molar refractivity (Wildman–Crippen MR) is 58.0 cm³/mol. The number of benzene rings is 1. The third-order valence-corrected chi connectivity index (χ3v) is 2.41. The van der Waals surface area contributed by atoms with Crippen LogP contribution in [0.15, 0.2) is 24.3 Å². The first-order valence-corrected chi connectivity index (χ1v) is 5.34. The molecule has 0 heterocycles. The zero-order valence-electron chi connectivity index (χ0n) is 8.00. The number of ether oxygens (including phenoxy) is 1. The Bertz CT molecular complexity index is 299. The van der Waals surface area contributed by atoms with Crippen LogP contribution >= 0.6 is 11.6 Å². The van der Waals surface area contributed by atoms with E-state index in [9.17, 15) is 0 Å². The van der Waals surface area contributed by atoms with E-state index in [-0.39, 0.29) is 0 Å². The summed E-state index contributed by atoms with van der Waals surface area (Å²) in [5, 5.41) is 4.10. The molecule has 2 nitrogen and oxygen atoms in total. The molecule has 76 valence electrons. The first-order chi connectivity index (χ1) is 6.84. The van der Waals surface area contributed by atoms with Crippen LogP contribution in [0.1, 0.15) is 12.8 Å². The highest BCUT2D eigenvalue weighted by molar-refractivity contribution is 6.30. The second kappa shape index (κ2) is 4.67. The summed E-state index contributed by atoms with van der Waals surface area (Å²) in [7, 11) is 0. The molecular formula is C11H14ClNO. The summed E-state index contributed by atoms with van der Waals surface area (Å²) in [5.41, 5.74) is 0. The minimum Gasteiger partial charge on any atom is -0.492 e. The molecule has 0 amide bonds. The molecule has 14 heavy (non-hydrogen) atoms. The Balaban J connectivity index is 1.68. The van der Waals surface area contributed by atoms with Crippen LogP contribution in [-0.4, -0.2) is 19.2 Å². The Hall–Kier alpha value is -0.730. The number of rotatable bonds is 5. The summed E-state index contributed by atoms with van der Waals surface area (Å²) in [6.07, 6.45) is 2.63. The molecule has 0 bridgehead atoms. The van der Waals surface area contributed by atoms with Crippen LogP contribution in [0.4, 0.5) is 0 Å². The van der Waals surface area contributed by atoms with Gasteiger partial charge in [0.1, 0.15) is 12.4 Å². The summed E-state index contributed by atoms with van der Waals surface area (Å²) < 4.78 is 5.52. The molecule has 0 spiro atoms. The fourth-order valence-corrected chi connectivity index (χ4v) is 1.46. The van der Waals surface area contributed by atoms with Crippen LogP contribution in [0.5, 0.6) is 5.75 Å². The maximum absolute atomic E-state index is 5.82. The van der Waals surface area contributed by atoms with Crippen molar-refractivity contribution in [3.8, 4) is 5.75 Å². The Morgan fingerprint density at radius 3 is 3.00 bits per heavy atom. The zero-order valence-corrected chi connectivity index (χ0v) is 8.76. The first kappa shape index (κ1) is 9.81. The Labute approximate surface area is 89.2 Å². The summed E-state index contributed by atoms with van der Waals surface area (Å²) in [4.78, 5) is 0. The van der Waals surface area contributed by atoms with Crippen LogP contribution in [0.25, 0.3) is 0 Å². The predicted octanol–water partition coefficient (Wildman–Crippen LogP) is 2.47. The molecule has 0 aliphatic heterocycles. The average Bonchev–Trinajstić information content (AvgIpc) is 2.96. The number of halogens is 1. The molecule has 1 saturated carbocycles. The van der Waals surface area contributed by atoms with Crippen LogP contribution in [-0.2, 0) is 0 Å². The summed E-state index contributed by atoms with van der Waals surface area (Å²) >= 11 is 5.82. The normalized spacial score (nSPS) is 15.5. The van der Waals surface area contributed by atoms with Gasteiger partial charge in [-0.1, -0.05) is 17.7 Å². The molecule has 1 aliphatic carbocycles. The highest BCUT2D eigenvalue weighted by atomic mass is 35.5. The molecule has 2 rings (SSSR count). The van der Waals surface area contributed by atoms with E-state index in [2.05, 4.69) is 5.32 Å². The minimum atomic E-state index is 0.705. The lowest BCUT2D eigenvalue weighted by Gasteiger charge is -2.06. The molecule has 0 aromatic heterocycles. The highest BCUT2D eigenvalue weighted by Gasteiger charge is 2.19. The van der Waals surface area contributed by atoms with Crippen molar-refractivity contribution in [1.82, 2.24) is 5.32 Å². The standard InChI is InChI=1S/C11H14ClNO/c12-9-2-1-3-11(8-9)14-7-6-13-10-4-5-10/h1-3,8,10,13H,4-7H2. The van der Waals surface area contributed by atoms with Crippen LogP contribution in [0.2, 0.25) is 5.02 Å². The summed E-state index contributed by atoms with van der Waals surface area (Å²) in [5.74, 6) is 0.843. The quantitative estimate of drug-likeness (QED) is 0.756. The van der Waals surface area contributed by atoms with Crippen molar-refractivity contribution in [3.63, 3.8) is 0 Å². The molecule has 0 radical (unpaired) electrons. The fourth-order valence-electron chi connectivity index (χ4n) is 1.28. The van der Waals surface area contributed by atoms with Crippen molar-refractivity contribution >= 4 is 11.6 Å². The van der Waals surface area contributed by atoms with Gasteiger partial charge in [0.2, 0.25) is 0 Å². The second-order valence-corrected chi connectivity index (χ2v) is 3.97. The van der Waals surface area contributed by atoms with Gasteiger partial charge in [-0.25, -0.2) is 0 Å². The third-order valence-electron chi connectivity index (χ3n) is 2.18. The third kappa shape index (κ3) is 3.20. The molecule has 1 aromatic carbocycles. The van der Waals surface area contributed by atoms with Gasteiger partial charge in [-0.2, -0.15) is 0 Å². The van der Waals surface area contributed by atoms with Crippen LogP contribution < -0.4 is 10.1 Å². The van der Waals surface area contributed by atoms with E-state index in [1.807, 2.05) is 24.3 Å². The van der Waals surface area contributed by atoms with Gasteiger partial charge in [0.25, 0.3) is 0 Å². The van der Waals surface area contributed by atoms with Gasteiger partial charge in [0, 0.05) is 17.6 Å². The molecule has 0 unspecified atom stereocenters. The van der Waals surface area contributed by atoms with Gasteiger partial charge in [-0.05, 0) is 31.0 Å². The van der Waals surface area contributed by atoms with E-state index in [1.165, 1.54) is 12.8 Å². The van der Waals surface area contributed by atoms with Crippen molar-refractivity contribution in [2.75, 3.05) is 13.2 Å². The fraction of sp³-hybridized carbons (Fsp3) is 0.455. The second-order valence-electron chi connectivity index (χ2n) is 3.53. The largest absolute Gasteiger partial charge is 0.492 e. The van der Waals surface area contributed by atoms with E-state index >= 15 is 0 Å². The van der Waals surface area contributed by atoms with E-state index in [0.717, 1.165) is 23.4 Å². The molecule has 1 N–H and O–H groups in total. The number of nitrogens with one attached hydrogen (secondary N) is 1. The average molecular weight is 212 g/mol. The summed E-state index contributed by atoms with van der Waals surface area (Å²) in [6.45, 7) is 1.62.